The van der Waals surface area contributed by atoms with E-state index >= 15 is 0 Å². The highest BCUT2D eigenvalue weighted by Gasteiger charge is 2.60. The first-order chi connectivity index (χ1) is 17.8. The van der Waals surface area contributed by atoms with Crippen LogP contribution in [0.25, 0.3) is 0 Å². The molecule has 0 radical (unpaired) electrons. The van der Waals surface area contributed by atoms with E-state index in [9.17, 15) is 29.4 Å². The van der Waals surface area contributed by atoms with Gasteiger partial charge in [-0.2, -0.15) is 0 Å². The molecular formula is C24H37N7O6S. The zero-order valence-electron chi connectivity index (χ0n) is 22.1. The molecular weight excluding hydrogens is 514 g/mol. The SMILES string of the molecule is C[C@@H](O)[C@H]1C(=O)N2C(C(=O)O)=C(S[C@@H]3CN[C@H](C(=O)N4CC[C@H](N(C)C(=O)CN(C)C(=N)N)C4)C3)[C@H](C)[C@H]12. The average Bonchev–Trinajstić information content (AvgIpc) is 3.56. The summed E-state index contributed by atoms with van der Waals surface area (Å²) in [5, 5.41) is 30.5. The average molecular weight is 552 g/mol. The minimum atomic E-state index is -1.16. The van der Waals surface area contributed by atoms with E-state index in [-0.39, 0.29) is 59.2 Å². The van der Waals surface area contributed by atoms with Crippen molar-refractivity contribution in [1.29, 1.82) is 5.41 Å². The predicted octanol–water partition coefficient (Wildman–Crippen LogP) is -1.51. The molecule has 0 aromatic carbocycles. The number of aliphatic hydroxyl groups is 1. The number of hydrogen-bond acceptors (Lipinski definition) is 8. The number of carboxylic acid groups (broad SMARTS) is 1. The molecule has 0 aliphatic carbocycles. The number of nitrogens with two attached hydrogens (primary N) is 1. The van der Waals surface area contributed by atoms with Crippen LogP contribution in [0, 0.1) is 17.2 Å². The molecule has 0 unspecified atom stereocenters. The fraction of sp³-hybridized carbons (Fsp3) is 0.708. The first kappa shape index (κ1) is 28.2. The molecule has 0 spiro atoms. The van der Waals surface area contributed by atoms with Crippen molar-refractivity contribution in [2.75, 3.05) is 40.3 Å². The van der Waals surface area contributed by atoms with Gasteiger partial charge in [-0.05, 0) is 19.8 Å². The van der Waals surface area contributed by atoms with Crippen LogP contribution in [0.3, 0.4) is 0 Å². The van der Waals surface area contributed by atoms with E-state index in [0.29, 0.717) is 37.4 Å². The second kappa shape index (κ2) is 10.7. The number of nitrogens with zero attached hydrogens (tertiary/aromatic N) is 4. The van der Waals surface area contributed by atoms with Gasteiger partial charge in [-0.25, -0.2) is 4.79 Å². The number of likely N-dealkylation sites (N-methyl/N-ethyl adjacent to an activating group) is 2. The molecule has 210 valence electrons. The highest BCUT2D eigenvalue weighted by molar-refractivity contribution is 8.03. The standard InChI is InChI=1S/C24H37N7O6S/c1-11-18-17(12(2)32)22(35)31(18)19(23(36)37)20(11)38-14-7-15(27-8-14)21(34)30-6-5-13(9-30)29(4)16(33)10-28(3)24(25)26/h11-15,17-18,27,32H,5-10H2,1-4H3,(H3,25,26)(H,36,37)/t11-,12-,13+,14+,15+,17-,18-/m1/s1. The lowest BCUT2D eigenvalue weighted by atomic mass is 9.79. The summed E-state index contributed by atoms with van der Waals surface area (Å²) in [7, 11) is 3.27. The van der Waals surface area contributed by atoms with Gasteiger partial charge in [0.15, 0.2) is 5.96 Å². The Morgan fingerprint density at radius 2 is 2.00 bits per heavy atom. The van der Waals surface area contributed by atoms with Crippen molar-refractivity contribution in [2.24, 2.45) is 17.6 Å². The summed E-state index contributed by atoms with van der Waals surface area (Å²) in [6.07, 6.45) is 0.323. The maximum absolute atomic E-state index is 13.3. The van der Waals surface area contributed by atoms with Gasteiger partial charge in [-0.15, -0.1) is 11.8 Å². The van der Waals surface area contributed by atoms with Crippen LogP contribution in [0.1, 0.15) is 26.7 Å². The second-order valence-corrected chi connectivity index (χ2v) is 12.0. The van der Waals surface area contributed by atoms with E-state index in [1.54, 1.807) is 30.8 Å². The minimum absolute atomic E-state index is 0.00492. The van der Waals surface area contributed by atoms with E-state index in [1.807, 2.05) is 6.92 Å². The predicted molar refractivity (Wildman–Crippen MR) is 140 cm³/mol. The largest absolute Gasteiger partial charge is 0.477 e. The van der Waals surface area contributed by atoms with E-state index in [4.69, 9.17) is 11.1 Å². The Hall–Kier alpha value is -2.84. The maximum atomic E-state index is 13.3. The smallest absolute Gasteiger partial charge is 0.353 e. The van der Waals surface area contributed by atoms with Crippen molar-refractivity contribution in [1.82, 2.24) is 24.9 Å². The van der Waals surface area contributed by atoms with Crippen LogP contribution in [-0.4, -0.2) is 129 Å². The number of carboxylic acids is 1. The molecule has 0 aromatic heterocycles. The number of β-lactam (4-membered cyclic amide) rings is 1. The van der Waals surface area contributed by atoms with Crippen LogP contribution in [0.4, 0.5) is 0 Å². The highest BCUT2D eigenvalue weighted by atomic mass is 32.2. The van der Waals surface area contributed by atoms with Crippen LogP contribution in [0.15, 0.2) is 10.6 Å². The lowest BCUT2D eigenvalue weighted by Gasteiger charge is -2.46. The number of nitrogens with one attached hydrogen (secondary N) is 2. The Morgan fingerprint density at radius 3 is 2.61 bits per heavy atom. The highest BCUT2D eigenvalue weighted by Crippen LogP contribution is 2.51. The molecule has 7 atom stereocenters. The number of carbonyl (C=O) groups is 4. The quantitative estimate of drug-likeness (QED) is 0.135. The summed E-state index contributed by atoms with van der Waals surface area (Å²) in [5.41, 5.74) is 5.42. The molecule has 0 aromatic rings. The van der Waals surface area contributed by atoms with E-state index in [0.717, 1.165) is 0 Å². The van der Waals surface area contributed by atoms with E-state index in [2.05, 4.69) is 5.32 Å². The first-order valence-corrected chi connectivity index (χ1v) is 13.7. The molecule has 0 saturated carbocycles. The molecule has 3 fully saturated rings. The van der Waals surface area contributed by atoms with Crippen molar-refractivity contribution >= 4 is 41.4 Å². The maximum Gasteiger partial charge on any atom is 0.353 e. The molecule has 4 rings (SSSR count). The summed E-state index contributed by atoms with van der Waals surface area (Å²) in [4.78, 5) is 57.1. The number of aliphatic carboxylic acids is 1. The molecule has 13 nitrogen and oxygen atoms in total. The van der Waals surface area contributed by atoms with Crippen molar-refractivity contribution in [3.05, 3.63) is 10.6 Å². The van der Waals surface area contributed by atoms with Crippen molar-refractivity contribution in [3.63, 3.8) is 0 Å². The summed E-state index contributed by atoms with van der Waals surface area (Å²) in [5.74, 6) is -2.75. The number of likely N-dealkylation sites (tertiary alicyclic amines) is 1. The summed E-state index contributed by atoms with van der Waals surface area (Å²) >= 11 is 1.41. The van der Waals surface area contributed by atoms with Gasteiger partial charge in [-0.3, -0.25) is 19.8 Å². The Kier molecular flexibility index (Phi) is 7.96. The third-order valence-electron chi connectivity index (χ3n) is 8.19. The fourth-order valence-corrected chi connectivity index (χ4v) is 7.40. The summed E-state index contributed by atoms with van der Waals surface area (Å²) in [6, 6.07) is -0.894. The Balaban J connectivity index is 1.34. The Morgan fingerprint density at radius 1 is 1.32 bits per heavy atom. The lowest BCUT2D eigenvalue weighted by molar-refractivity contribution is -0.163. The van der Waals surface area contributed by atoms with Crippen molar-refractivity contribution < 1.29 is 29.4 Å². The molecule has 14 heteroatoms. The van der Waals surface area contributed by atoms with Crippen LogP contribution in [0.5, 0.6) is 0 Å². The number of amides is 3. The molecule has 0 bridgehead atoms. The number of rotatable bonds is 8. The number of guanidine groups is 1. The van der Waals surface area contributed by atoms with Gasteiger partial charge in [-0.1, -0.05) is 6.92 Å². The van der Waals surface area contributed by atoms with Gasteiger partial charge >= 0.3 is 5.97 Å². The summed E-state index contributed by atoms with van der Waals surface area (Å²) < 4.78 is 0. The number of hydrogen-bond donors (Lipinski definition) is 5. The van der Waals surface area contributed by atoms with Gasteiger partial charge in [0.25, 0.3) is 0 Å². The van der Waals surface area contributed by atoms with Gasteiger partial charge in [0.05, 0.1) is 36.7 Å². The van der Waals surface area contributed by atoms with Crippen LogP contribution >= 0.6 is 11.8 Å². The number of carbonyl (C=O) groups excluding carboxylic acids is 3. The van der Waals surface area contributed by atoms with Crippen LogP contribution in [-0.2, 0) is 19.2 Å². The Labute approximate surface area is 225 Å². The number of fused-ring (bicyclic) bond motifs is 1. The second-order valence-electron chi connectivity index (χ2n) is 10.7. The molecule has 4 aliphatic heterocycles. The van der Waals surface area contributed by atoms with Gasteiger partial charge in [0, 0.05) is 49.8 Å². The topological polar surface area (TPSA) is 184 Å². The zero-order chi connectivity index (χ0) is 28.0. The third-order valence-corrected chi connectivity index (χ3v) is 9.70. The lowest BCUT2D eigenvalue weighted by Crippen LogP contribution is -2.63. The van der Waals surface area contributed by atoms with Crippen LogP contribution in [0.2, 0.25) is 0 Å². The van der Waals surface area contributed by atoms with Crippen molar-refractivity contribution in [2.45, 2.75) is 56.2 Å². The minimum Gasteiger partial charge on any atom is -0.477 e. The van der Waals surface area contributed by atoms with E-state index in [1.165, 1.54) is 21.6 Å². The molecule has 3 amide bonds. The van der Waals surface area contributed by atoms with E-state index < -0.39 is 24.0 Å². The Bertz CT molecular complexity index is 1070. The fourth-order valence-electron chi connectivity index (χ4n) is 5.92. The normalized spacial score (nSPS) is 31.2. The van der Waals surface area contributed by atoms with Gasteiger partial charge < -0.3 is 40.9 Å². The zero-order valence-corrected chi connectivity index (χ0v) is 22.9. The molecule has 38 heavy (non-hydrogen) atoms. The number of aliphatic hydroxyl groups excluding tert-OH is 1. The van der Waals surface area contributed by atoms with Crippen LogP contribution < -0.4 is 11.1 Å². The molecule has 6 N–H and O–H groups in total. The molecule has 3 saturated heterocycles. The first-order valence-electron chi connectivity index (χ1n) is 12.8. The van der Waals surface area contributed by atoms with Gasteiger partial charge in [0.1, 0.15) is 5.70 Å². The molecule has 4 heterocycles. The summed E-state index contributed by atoms with van der Waals surface area (Å²) in [6.45, 7) is 4.91. The molecule has 4 aliphatic rings. The monoisotopic (exact) mass is 551 g/mol. The van der Waals surface area contributed by atoms with Crippen molar-refractivity contribution in [3.8, 4) is 0 Å². The number of thioether (sulfide) groups is 1. The van der Waals surface area contributed by atoms with Gasteiger partial charge in [0.2, 0.25) is 17.7 Å². The third kappa shape index (κ3) is 4.96.